The summed E-state index contributed by atoms with van der Waals surface area (Å²) in [5, 5.41) is 3.43. The van der Waals surface area contributed by atoms with Crippen LogP contribution in [0.15, 0.2) is 0 Å². The summed E-state index contributed by atoms with van der Waals surface area (Å²) < 4.78 is 0. The number of hydrogen-bond donors (Lipinski definition) is 2. The molecular formula is C7H12Br2N2O2. The van der Waals surface area contributed by atoms with E-state index in [2.05, 4.69) is 37.2 Å². The first-order chi connectivity index (χ1) is 6.06. The van der Waals surface area contributed by atoms with Crippen LogP contribution in [-0.2, 0) is 9.59 Å². The van der Waals surface area contributed by atoms with Crippen LogP contribution in [0.5, 0.6) is 0 Å². The van der Waals surface area contributed by atoms with E-state index in [4.69, 9.17) is 5.73 Å². The fraction of sp³-hybridized carbons (Fsp3) is 0.714. The Morgan fingerprint density at radius 1 is 1.38 bits per heavy atom. The average Bonchev–Trinajstić information content (AvgIpc) is 2.10. The molecule has 0 radical (unpaired) electrons. The van der Waals surface area contributed by atoms with Gasteiger partial charge in [-0.2, -0.15) is 0 Å². The van der Waals surface area contributed by atoms with Crippen molar-refractivity contribution in [1.82, 2.24) is 5.32 Å². The van der Waals surface area contributed by atoms with E-state index in [1.807, 2.05) is 0 Å². The van der Waals surface area contributed by atoms with E-state index < -0.39 is 5.91 Å². The molecule has 0 saturated heterocycles. The molecule has 0 fully saturated rings. The summed E-state index contributed by atoms with van der Waals surface area (Å²) in [5.41, 5.74) is 4.89. The molecule has 0 aromatic rings. The molecule has 0 spiro atoms. The molecule has 0 aromatic heterocycles. The smallest absolute Gasteiger partial charge is 0.220 e. The van der Waals surface area contributed by atoms with Crippen molar-refractivity contribution in [3.8, 4) is 0 Å². The molecule has 0 aliphatic heterocycles. The van der Waals surface area contributed by atoms with Gasteiger partial charge in [0.2, 0.25) is 11.8 Å². The van der Waals surface area contributed by atoms with Gasteiger partial charge in [-0.1, -0.05) is 31.9 Å². The minimum atomic E-state index is -0.453. The molecule has 3 N–H and O–H groups in total. The molecule has 0 aliphatic carbocycles. The third kappa shape index (κ3) is 8.24. The predicted octanol–water partition coefficient (Wildman–Crippen LogP) is 0.527. The normalized spacial score (nSPS) is 12.2. The highest BCUT2D eigenvalue weighted by Crippen LogP contribution is 2.01. The first-order valence-corrected chi connectivity index (χ1v) is 5.85. The van der Waals surface area contributed by atoms with Gasteiger partial charge in [0, 0.05) is 29.5 Å². The van der Waals surface area contributed by atoms with Crippen LogP contribution in [0.1, 0.15) is 12.8 Å². The molecule has 0 rings (SSSR count). The second kappa shape index (κ2) is 7.32. The number of rotatable bonds is 6. The Kier molecular flexibility index (Phi) is 7.26. The number of halogens is 2. The Labute approximate surface area is 93.9 Å². The third-order valence-electron chi connectivity index (χ3n) is 1.29. The second-order valence-corrected chi connectivity index (χ2v) is 4.46. The van der Waals surface area contributed by atoms with E-state index in [1.165, 1.54) is 0 Å². The highest BCUT2D eigenvalue weighted by molar-refractivity contribution is 9.12. The van der Waals surface area contributed by atoms with Crippen LogP contribution in [0.25, 0.3) is 0 Å². The molecule has 0 heterocycles. The minimum Gasteiger partial charge on any atom is -0.370 e. The van der Waals surface area contributed by atoms with Crippen molar-refractivity contribution in [3.63, 3.8) is 0 Å². The van der Waals surface area contributed by atoms with E-state index in [0.29, 0.717) is 6.54 Å². The second-order valence-electron chi connectivity index (χ2n) is 2.52. The zero-order valence-electron chi connectivity index (χ0n) is 7.06. The van der Waals surface area contributed by atoms with Gasteiger partial charge in [-0.3, -0.25) is 9.59 Å². The molecule has 0 saturated carbocycles. The fourth-order valence-electron chi connectivity index (χ4n) is 0.604. The summed E-state index contributed by atoms with van der Waals surface area (Å²) in [7, 11) is 0. The van der Waals surface area contributed by atoms with Crippen molar-refractivity contribution in [1.29, 1.82) is 0 Å². The summed E-state index contributed by atoms with van der Waals surface area (Å²) in [6.45, 7) is 0.544. The molecule has 76 valence electrons. The van der Waals surface area contributed by atoms with Crippen molar-refractivity contribution in [3.05, 3.63) is 0 Å². The van der Waals surface area contributed by atoms with Gasteiger partial charge in [0.25, 0.3) is 0 Å². The molecule has 0 aliphatic rings. The Hall–Kier alpha value is -0.100. The average molecular weight is 316 g/mol. The lowest BCUT2D eigenvalue weighted by Gasteiger charge is -2.07. The van der Waals surface area contributed by atoms with Crippen molar-refractivity contribution < 1.29 is 9.59 Å². The monoisotopic (exact) mass is 314 g/mol. The van der Waals surface area contributed by atoms with Gasteiger partial charge in [-0.25, -0.2) is 0 Å². The Morgan fingerprint density at radius 2 is 2.00 bits per heavy atom. The Bertz CT molecular complexity index is 187. The molecule has 4 nitrogen and oxygen atoms in total. The van der Waals surface area contributed by atoms with Gasteiger partial charge >= 0.3 is 0 Å². The number of carbonyl (C=O) groups is 2. The summed E-state index contributed by atoms with van der Waals surface area (Å²) in [5.74, 6) is -0.602. The maximum Gasteiger partial charge on any atom is 0.220 e. The van der Waals surface area contributed by atoms with E-state index in [-0.39, 0.29) is 23.6 Å². The number of nitrogens with two attached hydrogens (primary N) is 1. The van der Waals surface area contributed by atoms with Crippen LogP contribution in [-0.4, -0.2) is 28.5 Å². The van der Waals surface area contributed by atoms with Gasteiger partial charge < -0.3 is 11.1 Å². The minimum absolute atomic E-state index is 0.104. The summed E-state index contributed by atoms with van der Waals surface area (Å²) in [4.78, 5) is 21.5. The van der Waals surface area contributed by atoms with E-state index in [0.717, 1.165) is 5.33 Å². The molecule has 13 heavy (non-hydrogen) atoms. The van der Waals surface area contributed by atoms with Crippen LogP contribution in [0.2, 0.25) is 0 Å². The topological polar surface area (TPSA) is 72.2 Å². The number of nitrogens with one attached hydrogen (secondary N) is 1. The van der Waals surface area contributed by atoms with Gasteiger partial charge in [-0.05, 0) is 0 Å². The first-order valence-electron chi connectivity index (χ1n) is 3.81. The van der Waals surface area contributed by atoms with Crippen molar-refractivity contribution >= 4 is 43.7 Å². The highest BCUT2D eigenvalue weighted by Gasteiger charge is 2.06. The van der Waals surface area contributed by atoms with Crippen LogP contribution in [0.3, 0.4) is 0 Å². The molecule has 1 atom stereocenters. The van der Waals surface area contributed by atoms with E-state index >= 15 is 0 Å². The van der Waals surface area contributed by atoms with Crippen molar-refractivity contribution in [2.75, 3.05) is 11.9 Å². The quantitative estimate of drug-likeness (QED) is 0.702. The van der Waals surface area contributed by atoms with Crippen molar-refractivity contribution in [2.45, 2.75) is 17.7 Å². The fourth-order valence-corrected chi connectivity index (χ4v) is 0.995. The van der Waals surface area contributed by atoms with Gasteiger partial charge in [0.05, 0.1) is 0 Å². The van der Waals surface area contributed by atoms with E-state index in [9.17, 15) is 9.59 Å². The maximum atomic E-state index is 11.0. The number of primary amides is 1. The number of amides is 2. The lowest BCUT2D eigenvalue weighted by molar-refractivity contribution is -0.125. The Balaban J connectivity index is 3.46. The molecule has 0 aromatic carbocycles. The lowest BCUT2D eigenvalue weighted by Crippen LogP contribution is -2.30. The van der Waals surface area contributed by atoms with Crippen molar-refractivity contribution in [2.24, 2.45) is 5.73 Å². The van der Waals surface area contributed by atoms with Crippen LogP contribution < -0.4 is 11.1 Å². The molecule has 0 bridgehead atoms. The molecule has 2 amide bonds. The third-order valence-corrected chi connectivity index (χ3v) is 3.58. The van der Waals surface area contributed by atoms with Crippen LogP contribution in [0, 0.1) is 0 Å². The zero-order valence-corrected chi connectivity index (χ0v) is 10.2. The summed E-state index contributed by atoms with van der Waals surface area (Å²) >= 11 is 6.59. The number of hydrogen-bond acceptors (Lipinski definition) is 2. The van der Waals surface area contributed by atoms with Gasteiger partial charge in [0.15, 0.2) is 0 Å². The van der Waals surface area contributed by atoms with Gasteiger partial charge in [0.1, 0.15) is 0 Å². The standard InChI is InChI=1S/C7H12Br2N2O2/c8-3-5(9)4-11-7(13)2-1-6(10)12/h5H,1-4H2,(H2,10,12)(H,11,13). The van der Waals surface area contributed by atoms with E-state index in [1.54, 1.807) is 0 Å². The SMILES string of the molecule is NC(=O)CCC(=O)NCC(Br)CBr. The highest BCUT2D eigenvalue weighted by atomic mass is 79.9. The first kappa shape index (κ1) is 12.9. The Morgan fingerprint density at radius 3 is 2.46 bits per heavy atom. The predicted molar refractivity (Wildman–Crippen MR) is 57.9 cm³/mol. The lowest BCUT2D eigenvalue weighted by atomic mass is 10.3. The van der Waals surface area contributed by atoms with Gasteiger partial charge in [-0.15, -0.1) is 0 Å². The molecule has 1 unspecified atom stereocenters. The molecular weight excluding hydrogens is 304 g/mol. The largest absolute Gasteiger partial charge is 0.370 e. The van der Waals surface area contributed by atoms with Crippen LogP contribution >= 0.6 is 31.9 Å². The number of alkyl halides is 2. The molecule has 6 heteroatoms. The summed E-state index contributed by atoms with van der Waals surface area (Å²) in [6.07, 6.45) is 0.268. The van der Waals surface area contributed by atoms with Crippen LogP contribution in [0.4, 0.5) is 0 Å². The zero-order chi connectivity index (χ0) is 10.3. The maximum absolute atomic E-state index is 11.0. The summed E-state index contributed by atoms with van der Waals surface area (Å²) in [6, 6.07) is 0. The number of carbonyl (C=O) groups excluding carboxylic acids is 2.